The normalized spacial score (nSPS) is 10.2. The van der Waals surface area contributed by atoms with Gasteiger partial charge in [0.2, 0.25) is 0 Å². The maximum atomic E-state index is 12.1. The van der Waals surface area contributed by atoms with E-state index in [1.807, 2.05) is 26.0 Å². The van der Waals surface area contributed by atoms with Crippen LogP contribution in [0.25, 0.3) is 0 Å². The first-order chi connectivity index (χ1) is 10.1. The number of tetrazole rings is 1. The van der Waals surface area contributed by atoms with E-state index in [0.717, 1.165) is 12.0 Å². The van der Waals surface area contributed by atoms with Crippen LogP contribution in [0.5, 0.6) is 0 Å². The number of carbonyl (C=O) groups is 1. The van der Waals surface area contributed by atoms with Gasteiger partial charge in [-0.3, -0.25) is 15.4 Å². The standard InChI is InChI=1S/C13H16N6OS/c1-3-8-19-17-12(16-18-19)15-13(21)14-11(20)10-7-5-4-6-9(10)2/h4-7H,3,8H2,1-2H3,(H2,14,15,17,20,21). The van der Waals surface area contributed by atoms with Crippen LogP contribution < -0.4 is 10.6 Å². The Balaban J connectivity index is 1.95. The minimum atomic E-state index is -0.272. The van der Waals surface area contributed by atoms with Crippen molar-refractivity contribution >= 4 is 29.2 Å². The van der Waals surface area contributed by atoms with Crippen LogP contribution in [0.1, 0.15) is 29.3 Å². The van der Waals surface area contributed by atoms with Crippen molar-refractivity contribution in [1.29, 1.82) is 0 Å². The van der Waals surface area contributed by atoms with Gasteiger partial charge >= 0.3 is 0 Å². The topological polar surface area (TPSA) is 84.7 Å². The molecule has 0 aliphatic rings. The Labute approximate surface area is 127 Å². The molecule has 0 saturated carbocycles. The first-order valence-electron chi connectivity index (χ1n) is 6.56. The summed E-state index contributed by atoms with van der Waals surface area (Å²) in [5.41, 5.74) is 1.45. The van der Waals surface area contributed by atoms with E-state index in [2.05, 4.69) is 26.0 Å². The maximum absolute atomic E-state index is 12.1. The molecule has 0 radical (unpaired) electrons. The summed E-state index contributed by atoms with van der Waals surface area (Å²) in [6.07, 6.45) is 0.907. The molecule has 1 heterocycles. The molecule has 8 heteroatoms. The molecule has 7 nitrogen and oxygen atoms in total. The number of aryl methyl sites for hydroxylation is 2. The second-order valence-corrected chi connectivity index (χ2v) is 4.84. The molecule has 2 rings (SSSR count). The predicted molar refractivity (Wildman–Crippen MR) is 83.0 cm³/mol. The van der Waals surface area contributed by atoms with Gasteiger partial charge in [0, 0.05) is 5.56 Å². The molecule has 2 aromatic rings. The van der Waals surface area contributed by atoms with Crippen molar-refractivity contribution in [3.63, 3.8) is 0 Å². The van der Waals surface area contributed by atoms with E-state index in [4.69, 9.17) is 12.2 Å². The van der Waals surface area contributed by atoms with E-state index in [0.29, 0.717) is 12.1 Å². The molecular formula is C13H16N6OS. The second kappa shape index (κ2) is 6.89. The van der Waals surface area contributed by atoms with E-state index in [-0.39, 0.29) is 17.0 Å². The van der Waals surface area contributed by atoms with Crippen molar-refractivity contribution in [3.8, 4) is 0 Å². The molecule has 0 fully saturated rings. The van der Waals surface area contributed by atoms with E-state index in [1.165, 1.54) is 4.80 Å². The summed E-state index contributed by atoms with van der Waals surface area (Å²) < 4.78 is 0. The summed E-state index contributed by atoms with van der Waals surface area (Å²) in [4.78, 5) is 13.5. The smallest absolute Gasteiger partial charge is 0.269 e. The van der Waals surface area contributed by atoms with Crippen molar-refractivity contribution in [3.05, 3.63) is 35.4 Å². The molecule has 0 atom stereocenters. The van der Waals surface area contributed by atoms with Gasteiger partial charge in [-0.05, 0) is 42.4 Å². The lowest BCUT2D eigenvalue weighted by atomic mass is 10.1. The Bertz CT molecular complexity index is 654. The van der Waals surface area contributed by atoms with Gasteiger partial charge in [-0.25, -0.2) is 0 Å². The van der Waals surface area contributed by atoms with Crippen molar-refractivity contribution in [2.45, 2.75) is 26.8 Å². The van der Waals surface area contributed by atoms with Gasteiger partial charge in [0.1, 0.15) is 0 Å². The zero-order valence-electron chi connectivity index (χ0n) is 11.8. The molecule has 1 aromatic heterocycles. The van der Waals surface area contributed by atoms with Crippen LogP contribution >= 0.6 is 12.2 Å². The van der Waals surface area contributed by atoms with Gasteiger partial charge in [-0.1, -0.05) is 30.2 Å². The summed E-state index contributed by atoms with van der Waals surface area (Å²) in [6, 6.07) is 7.28. The zero-order chi connectivity index (χ0) is 15.2. The monoisotopic (exact) mass is 304 g/mol. The third kappa shape index (κ3) is 4.06. The largest absolute Gasteiger partial charge is 0.299 e. The highest BCUT2D eigenvalue weighted by atomic mass is 32.1. The minimum absolute atomic E-state index is 0.138. The van der Waals surface area contributed by atoms with Crippen molar-refractivity contribution in [2.24, 2.45) is 0 Å². The molecule has 0 saturated heterocycles. The van der Waals surface area contributed by atoms with Crippen LogP contribution in [0, 0.1) is 6.92 Å². The molecule has 1 aromatic carbocycles. The number of hydrogen-bond acceptors (Lipinski definition) is 5. The van der Waals surface area contributed by atoms with Gasteiger partial charge in [0.15, 0.2) is 5.11 Å². The summed E-state index contributed by atoms with van der Waals surface area (Å²) in [5, 5.41) is 17.2. The highest BCUT2D eigenvalue weighted by molar-refractivity contribution is 7.80. The summed E-state index contributed by atoms with van der Waals surface area (Å²) in [6.45, 7) is 4.56. The highest BCUT2D eigenvalue weighted by Gasteiger charge is 2.11. The van der Waals surface area contributed by atoms with E-state index >= 15 is 0 Å². The number of rotatable bonds is 4. The maximum Gasteiger partial charge on any atom is 0.269 e. The Hall–Kier alpha value is -2.35. The van der Waals surface area contributed by atoms with Gasteiger partial charge < -0.3 is 0 Å². The number of hydrogen-bond donors (Lipinski definition) is 2. The van der Waals surface area contributed by atoms with Gasteiger partial charge in [0.25, 0.3) is 11.9 Å². The van der Waals surface area contributed by atoms with E-state index in [1.54, 1.807) is 12.1 Å². The Morgan fingerprint density at radius 2 is 2.14 bits per heavy atom. The molecule has 0 aliphatic carbocycles. The van der Waals surface area contributed by atoms with Crippen molar-refractivity contribution in [2.75, 3.05) is 5.32 Å². The lowest BCUT2D eigenvalue weighted by molar-refractivity contribution is 0.0977. The molecule has 0 spiro atoms. The summed E-state index contributed by atoms with van der Waals surface area (Å²) >= 11 is 5.07. The third-order valence-electron chi connectivity index (χ3n) is 2.72. The quantitative estimate of drug-likeness (QED) is 0.833. The second-order valence-electron chi connectivity index (χ2n) is 4.43. The Morgan fingerprint density at radius 1 is 1.38 bits per heavy atom. The van der Waals surface area contributed by atoms with E-state index < -0.39 is 0 Å². The summed E-state index contributed by atoms with van der Waals surface area (Å²) in [7, 11) is 0. The number of nitrogens with one attached hydrogen (secondary N) is 2. The first-order valence-corrected chi connectivity index (χ1v) is 6.96. The lowest BCUT2D eigenvalue weighted by Gasteiger charge is -2.08. The van der Waals surface area contributed by atoms with Gasteiger partial charge in [0.05, 0.1) is 6.54 Å². The van der Waals surface area contributed by atoms with Crippen molar-refractivity contribution in [1.82, 2.24) is 25.5 Å². The lowest BCUT2D eigenvalue weighted by Crippen LogP contribution is -2.34. The molecule has 0 bridgehead atoms. The molecule has 2 N–H and O–H groups in total. The fourth-order valence-electron chi connectivity index (χ4n) is 1.72. The number of benzene rings is 1. The van der Waals surface area contributed by atoms with Crippen LogP contribution in [0.2, 0.25) is 0 Å². The van der Waals surface area contributed by atoms with Crippen LogP contribution in [-0.4, -0.2) is 31.2 Å². The minimum Gasteiger partial charge on any atom is -0.299 e. The number of carbonyl (C=O) groups excluding carboxylic acids is 1. The molecular weight excluding hydrogens is 288 g/mol. The van der Waals surface area contributed by atoms with Crippen LogP contribution in [0.15, 0.2) is 24.3 Å². The van der Waals surface area contributed by atoms with Gasteiger partial charge in [-0.2, -0.15) is 4.80 Å². The number of aromatic nitrogens is 4. The molecule has 1 amide bonds. The first kappa shape index (κ1) is 15.0. The highest BCUT2D eigenvalue weighted by Crippen LogP contribution is 2.06. The Morgan fingerprint density at radius 3 is 2.86 bits per heavy atom. The zero-order valence-corrected chi connectivity index (χ0v) is 12.6. The van der Waals surface area contributed by atoms with Crippen LogP contribution in [0.3, 0.4) is 0 Å². The van der Waals surface area contributed by atoms with Crippen LogP contribution in [0.4, 0.5) is 5.95 Å². The third-order valence-corrected chi connectivity index (χ3v) is 2.92. The fraction of sp³-hybridized carbons (Fsp3) is 0.308. The fourth-order valence-corrected chi connectivity index (χ4v) is 1.90. The predicted octanol–water partition coefficient (Wildman–Crippen LogP) is 1.52. The summed E-state index contributed by atoms with van der Waals surface area (Å²) in [5.74, 6) is -0.00918. The average molecular weight is 304 g/mol. The molecule has 21 heavy (non-hydrogen) atoms. The Kier molecular flexibility index (Phi) is 4.94. The van der Waals surface area contributed by atoms with E-state index in [9.17, 15) is 4.79 Å². The number of nitrogens with zero attached hydrogens (tertiary/aromatic N) is 4. The number of amides is 1. The SMILES string of the molecule is CCCn1nnc(NC(=S)NC(=O)c2ccccc2C)n1. The average Bonchev–Trinajstić information content (AvgIpc) is 2.86. The molecule has 110 valence electrons. The van der Waals surface area contributed by atoms with Crippen LogP contribution in [-0.2, 0) is 6.54 Å². The van der Waals surface area contributed by atoms with Gasteiger partial charge in [-0.15, -0.1) is 5.10 Å². The number of anilines is 1. The molecule has 0 aliphatic heterocycles. The molecule has 0 unspecified atom stereocenters. The van der Waals surface area contributed by atoms with Crippen molar-refractivity contribution < 1.29 is 4.79 Å². The number of thiocarbonyl (C=S) groups is 1.